The quantitative estimate of drug-likeness (QED) is 0.503. The van der Waals surface area contributed by atoms with Crippen LogP contribution in [-0.4, -0.2) is 59.5 Å². The molecule has 0 bridgehead atoms. The Kier molecular flexibility index (Phi) is 7.24. The van der Waals surface area contributed by atoms with Crippen LogP contribution in [0.15, 0.2) is 64.9 Å². The van der Waals surface area contributed by atoms with Gasteiger partial charge in [0.05, 0.1) is 18.0 Å². The lowest BCUT2D eigenvalue weighted by Gasteiger charge is -2.28. The van der Waals surface area contributed by atoms with E-state index in [0.29, 0.717) is 31.1 Å². The molecule has 3 aromatic rings. The minimum Gasteiger partial charge on any atom is -0.332 e. The molecule has 0 saturated heterocycles. The van der Waals surface area contributed by atoms with Gasteiger partial charge in [0.25, 0.3) is 5.91 Å². The van der Waals surface area contributed by atoms with Crippen LogP contribution in [0.4, 0.5) is 5.69 Å². The van der Waals surface area contributed by atoms with Gasteiger partial charge in [-0.15, -0.1) is 23.1 Å². The van der Waals surface area contributed by atoms with Crippen LogP contribution in [0.2, 0.25) is 0 Å². The van der Waals surface area contributed by atoms with E-state index >= 15 is 0 Å². The Bertz CT molecular complexity index is 1080. The normalized spacial score (nSPS) is 13.3. The van der Waals surface area contributed by atoms with E-state index in [1.54, 1.807) is 22.0 Å². The van der Waals surface area contributed by atoms with E-state index in [-0.39, 0.29) is 11.8 Å². The van der Waals surface area contributed by atoms with Gasteiger partial charge in [-0.25, -0.2) is 4.98 Å². The Hall–Kier alpha value is -2.68. The van der Waals surface area contributed by atoms with E-state index in [4.69, 9.17) is 0 Å². The second-order valence-electron chi connectivity index (χ2n) is 7.88. The van der Waals surface area contributed by atoms with Crippen molar-refractivity contribution in [1.29, 1.82) is 0 Å². The molecular weight excluding hydrogens is 440 g/mol. The summed E-state index contributed by atoms with van der Waals surface area (Å²) in [6.45, 7) is 2.30. The van der Waals surface area contributed by atoms with Crippen LogP contribution in [0.25, 0.3) is 0 Å². The number of hydrogen-bond donors (Lipinski definition) is 0. The lowest BCUT2D eigenvalue weighted by atomic mass is 10.2. The molecule has 1 aliphatic heterocycles. The number of likely N-dealkylation sites (N-methyl/N-ethyl adjacent to an activating group) is 1. The fraction of sp³-hybridized carbons (Fsp3) is 0.292. The van der Waals surface area contributed by atoms with Crippen molar-refractivity contribution >= 4 is 40.6 Å². The van der Waals surface area contributed by atoms with Crippen molar-refractivity contribution in [3.05, 3.63) is 76.2 Å². The van der Waals surface area contributed by atoms with E-state index in [1.807, 2.05) is 73.6 Å². The first-order valence-electron chi connectivity index (χ1n) is 10.5. The van der Waals surface area contributed by atoms with Crippen LogP contribution < -0.4 is 4.90 Å². The van der Waals surface area contributed by atoms with Gasteiger partial charge in [-0.2, -0.15) is 0 Å². The molecule has 6 nitrogen and oxygen atoms in total. The van der Waals surface area contributed by atoms with Gasteiger partial charge in [0.2, 0.25) is 5.91 Å². The molecule has 1 aromatic heterocycles. The highest BCUT2D eigenvalue weighted by molar-refractivity contribution is 8.00. The number of amides is 2. The number of thiazole rings is 1. The minimum atomic E-state index is -0.0841. The predicted molar refractivity (Wildman–Crippen MR) is 130 cm³/mol. The van der Waals surface area contributed by atoms with Crippen LogP contribution >= 0.6 is 23.1 Å². The molecule has 0 saturated carbocycles. The van der Waals surface area contributed by atoms with Gasteiger partial charge >= 0.3 is 0 Å². The average molecular weight is 467 g/mol. The van der Waals surface area contributed by atoms with Gasteiger partial charge < -0.3 is 14.7 Å². The zero-order valence-electron chi connectivity index (χ0n) is 18.2. The topological polar surface area (TPSA) is 56.8 Å². The molecule has 0 atom stereocenters. The highest BCUT2D eigenvalue weighted by Gasteiger charge is 2.26. The SMILES string of the molecule is CN(C)CCN(Cc1ccccc1)C(=O)c1csc(CN2C(=O)CSc3ccccc32)n1. The largest absolute Gasteiger partial charge is 0.332 e. The fourth-order valence-electron chi connectivity index (χ4n) is 3.48. The molecule has 32 heavy (non-hydrogen) atoms. The van der Waals surface area contributed by atoms with E-state index in [9.17, 15) is 9.59 Å². The summed E-state index contributed by atoms with van der Waals surface area (Å²) in [6.07, 6.45) is 0. The first-order valence-corrected chi connectivity index (χ1v) is 12.3. The summed E-state index contributed by atoms with van der Waals surface area (Å²) in [7, 11) is 4.00. The number of hydrogen-bond acceptors (Lipinski definition) is 6. The molecule has 8 heteroatoms. The van der Waals surface area contributed by atoms with Gasteiger partial charge in [-0.3, -0.25) is 9.59 Å². The van der Waals surface area contributed by atoms with Crippen molar-refractivity contribution in [2.45, 2.75) is 18.0 Å². The summed E-state index contributed by atoms with van der Waals surface area (Å²) in [5.41, 5.74) is 2.43. The number of para-hydroxylation sites is 1. The number of benzene rings is 2. The van der Waals surface area contributed by atoms with E-state index < -0.39 is 0 Å². The van der Waals surface area contributed by atoms with Gasteiger partial charge in [0.15, 0.2) is 0 Å². The Labute approximate surface area is 196 Å². The van der Waals surface area contributed by atoms with Crippen molar-refractivity contribution in [3.8, 4) is 0 Å². The molecule has 0 fully saturated rings. The predicted octanol–water partition coefficient (Wildman–Crippen LogP) is 3.99. The molecule has 2 heterocycles. The Morgan fingerprint density at radius 3 is 2.59 bits per heavy atom. The first kappa shape index (κ1) is 22.5. The van der Waals surface area contributed by atoms with E-state index in [0.717, 1.165) is 27.7 Å². The van der Waals surface area contributed by atoms with Crippen LogP contribution in [0, 0.1) is 0 Å². The maximum absolute atomic E-state index is 13.3. The maximum atomic E-state index is 13.3. The van der Waals surface area contributed by atoms with Crippen molar-refractivity contribution < 1.29 is 9.59 Å². The van der Waals surface area contributed by atoms with E-state index in [1.165, 1.54) is 11.3 Å². The van der Waals surface area contributed by atoms with Crippen LogP contribution in [0.1, 0.15) is 21.1 Å². The standard InChI is InChI=1S/C24H26N4O2S2/c1-26(2)12-13-27(14-18-8-4-3-5-9-18)24(30)19-16-32-22(25-19)15-28-20-10-6-7-11-21(20)31-17-23(28)29/h3-11,16H,12-15,17H2,1-2H3. The van der Waals surface area contributed by atoms with E-state index in [2.05, 4.69) is 9.88 Å². The Morgan fingerprint density at radius 1 is 1.06 bits per heavy atom. The number of carbonyl (C=O) groups excluding carboxylic acids is 2. The number of nitrogens with zero attached hydrogens (tertiary/aromatic N) is 4. The molecule has 0 unspecified atom stereocenters. The average Bonchev–Trinajstić information content (AvgIpc) is 3.27. The Morgan fingerprint density at radius 2 is 1.81 bits per heavy atom. The maximum Gasteiger partial charge on any atom is 0.273 e. The lowest BCUT2D eigenvalue weighted by molar-refractivity contribution is -0.116. The number of carbonyl (C=O) groups is 2. The van der Waals surface area contributed by atoms with Gasteiger partial charge in [-0.1, -0.05) is 42.5 Å². The summed E-state index contributed by atoms with van der Waals surface area (Å²) in [6, 6.07) is 17.9. The van der Waals surface area contributed by atoms with Crippen molar-refractivity contribution in [2.75, 3.05) is 37.8 Å². The molecule has 0 radical (unpaired) electrons. The third kappa shape index (κ3) is 5.38. The van der Waals surface area contributed by atoms with Crippen molar-refractivity contribution in [1.82, 2.24) is 14.8 Å². The van der Waals surface area contributed by atoms with Crippen LogP contribution in [0.3, 0.4) is 0 Å². The third-order valence-electron chi connectivity index (χ3n) is 5.19. The third-order valence-corrected chi connectivity index (χ3v) is 7.07. The molecule has 2 amide bonds. The summed E-state index contributed by atoms with van der Waals surface area (Å²) < 4.78 is 0. The number of thioether (sulfide) groups is 1. The number of aromatic nitrogens is 1. The lowest BCUT2D eigenvalue weighted by Crippen LogP contribution is -2.36. The fourth-order valence-corrected chi connectivity index (χ4v) is 5.17. The molecule has 2 aromatic carbocycles. The minimum absolute atomic E-state index is 0.0634. The summed E-state index contributed by atoms with van der Waals surface area (Å²) in [5, 5.41) is 2.57. The highest BCUT2D eigenvalue weighted by atomic mass is 32.2. The second kappa shape index (κ2) is 10.3. The summed E-state index contributed by atoms with van der Waals surface area (Å²) in [5.74, 6) is 0.399. The molecule has 166 valence electrons. The van der Waals surface area contributed by atoms with Crippen molar-refractivity contribution in [2.24, 2.45) is 0 Å². The van der Waals surface area contributed by atoms with Gasteiger partial charge in [0.1, 0.15) is 10.7 Å². The number of anilines is 1. The number of rotatable bonds is 8. The molecule has 0 aliphatic carbocycles. The van der Waals surface area contributed by atoms with Crippen molar-refractivity contribution in [3.63, 3.8) is 0 Å². The zero-order valence-corrected chi connectivity index (χ0v) is 19.9. The molecule has 1 aliphatic rings. The number of fused-ring (bicyclic) bond motifs is 1. The molecule has 4 rings (SSSR count). The Balaban J connectivity index is 1.50. The molecule has 0 spiro atoms. The second-order valence-corrected chi connectivity index (χ2v) is 9.84. The zero-order chi connectivity index (χ0) is 22.5. The van der Waals surface area contributed by atoms with Crippen LogP contribution in [0.5, 0.6) is 0 Å². The van der Waals surface area contributed by atoms with Gasteiger partial charge in [-0.05, 0) is 31.8 Å². The molecule has 0 N–H and O–H groups in total. The monoisotopic (exact) mass is 466 g/mol. The molecular formula is C24H26N4O2S2. The smallest absolute Gasteiger partial charge is 0.273 e. The summed E-state index contributed by atoms with van der Waals surface area (Å²) >= 11 is 2.99. The first-order chi connectivity index (χ1) is 15.5. The summed E-state index contributed by atoms with van der Waals surface area (Å²) in [4.78, 5) is 37.2. The van der Waals surface area contributed by atoms with Crippen LogP contribution in [-0.2, 0) is 17.9 Å². The highest BCUT2D eigenvalue weighted by Crippen LogP contribution is 2.36. The van der Waals surface area contributed by atoms with Gasteiger partial charge in [0, 0.05) is 29.9 Å².